The molecule has 1 aromatic carbocycles. The lowest BCUT2D eigenvalue weighted by atomic mass is 10.0. The van der Waals surface area contributed by atoms with Crippen LogP contribution in [-0.2, 0) is 30.7 Å². The number of carbonyl (C=O) groups is 1. The van der Waals surface area contributed by atoms with Crippen molar-refractivity contribution in [2.75, 3.05) is 24.3 Å². The Morgan fingerprint density at radius 2 is 1.92 bits per heavy atom. The van der Waals surface area contributed by atoms with E-state index in [1.54, 1.807) is 13.8 Å². The number of thiol groups is 1. The average molecular weight is 378 g/mol. The zero-order chi connectivity index (χ0) is 18.7. The summed E-state index contributed by atoms with van der Waals surface area (Å²) in [7, 11) is -1.85. The van der Waals surface area contributed by atoms with E-state index in [0.717, 1.165) is 25.0 Å². The lowest BCUT2D eigenvalue weighted by Crippen LogP contribution is -2.43. The van der Waals surface area contributed by atoms with Crippen LogP contribution in [-0.4, -0.2) is 29.6 Å². The van der Waals surface area contributed by atoms with Crippen molar-refractivity contribution in [1.29, 1.82) is 0 Å². The van der Waals surface area contributed by atoms with Crippen molar-refractivity contribution >= 4 is 22.4 Å². The Balaban J connectivity index is 2.04. The van der Waals surface area contributed by atoms with Gasteiger partial charge in [0.15, 0.2) is 0 Å². The first-order chi connectivity index (χ1) is 11.6. The summed E-state index contributed by atoms with van der Waals surface area (Å²) in [6, 6.07) is 4.42. The van der Waals surface area contributed by atoms with Gasteiger partial charge in [-0.3, -0.25) is 4.79 Å². The second-order valence-electron chi connectivity index (χ2n) is 6.71. The molecule has 2 rings (SSSR count). The number of halogens is 3. The van der Waals surface area contributed by atoms with E-state index in [1.807, 2.05) is 0 Å². The molecule has 8 heteroatoms. The third-order valence-corrected chi connectivity index (χ3v) is 6.69. The fourth-order valence-corrected chi connectivity index (χ4v) is 4.14. The van der Waals surface area contributed by atoms with E-state index < -0.39 is 33.2 Å². The van der Waals surface area contributed by atoms with E-state index in [2.05, 4.69) is 5.32 Å². The fourth-order valence-electron chi connectivity index (χ4n) is 2.56. The number of anilines is 1. The highest BCUT2D eigenvalue weighted by Gasteiger charge is 2.41. The smallest absolute Gasteiger partial charge is 0.381 e. The number of benzene rings is 1. The van der Waals surface area contributed by atoms with Gasteiger partial charge in [0.05, 0.1) is 16.4 Å². The van der Waals surface area contributed by atoms with Crippen molar-refractivity contribution in [2.45, 2.75) is 37.6 Å². The molecule has 0 aromatic heterocycles. The molecular weight excluding hydrogens is 355 g/mol. The van der Waals surface area contributed by atoms with Gasteiger partial charge >= 0.3 is 6.18 Å². The molecule has 1 fully saturated rings. The Morgan fingerprint density at radius 3 is 2.52 bits per heavy atom. The first-order valence-electron chi connectivity index (χ1n) is 8.12. The van der Waals surface area contributed by atoms with E-state index in [-0.39, 0.29) is 11.6 Å². The molecule has 0 radical (unpaired) electrons. The quantitative estimate of drug-likeness (QED) is 0.630. The molecule has 1 saturated heterocycles. The number of nitrogens with one attached hydrogen (secondary N) is 1. The highest BCUT2D eigenvalue weighted by molar-refractivity contribution is 7.87. The topological polar surface area (TPSA) is 55.4 Å². The molecule has 1 aliphatic heterocycles. The van der Waals surface area contributed by atoms with Crippen LogP contribution in [0.25, 0.3) is 0 Å². The second-order valence-corrected chi connectivity index (χ2v) is 8.95. The Bertz CT molecular complexity index is 640. The number of carbonyl (C=O) groups excluding carboxylic acids is 1. The van der Waals surface area contributed by atoms with Gasteiger partial charge in [-0.2, -0.15) is 13.2 Å². The predicted molar refractivity (Wildman–Crippen MR) is 92.0 cm³/mol. The SMILES string of the molecule is CC(C)(C(=O)Nc1cccc(C(F)(F)F)c1)[SH+](=O)CC1CCOCC1. The molecule has 4 nitrogen and oxygen atoms in total. The number of hydrogen-bond acceptors (Lipinski definition) is 3. The third-order valence-electron chi connectivity index (χ3n) is 4.39. The van der Waals surface area contributed by atoms with E-state index in [1.165, 1.54) is 12.1 Å². The highest BCUT2D eigenvalue weighted by atomic mass is 32.2. The summed E-state index contributed by atoms with van der Waals surface area (Å²) in [5.74, 6) is 0.125. The molecule has 1 N–H and O–H groups in total. The standard InChI is InChI=1S/C17H22F3NO3S/c1-16(2,25(23)11-12-6-8-24-9-7-12)15(22)21-14-5-3-4-13(10-14)17(18,19)20/h3-5,10,12H,6-9,11H2,1-2H3,(H,21,22)/p+1. The van der Waals surface area contributed by atoms with Crippen molar-refractivity contribution < 1.29 is 26.9 Å². The van der Waals surface area contributed by atoms with E-state index in [9.17, 15) is 22.2 Å². The molecule has 1 heterocycles. The summed E-state index contributed by atoms with van der Waals surface area (Å²) < 4.78 is 55.0. The minimum atomic E-state index is -4.48. The van der Waals surface area contributed by atoms with Gasteiger partial charge in [-0.05, 0) is 44.9 Å². The molecule has 0 spiro atoms. The van der Waals surface area contributed by atoms with E-state index in [4.69, 9.17) is 4.74 Å². The molecule has 1 atom stereocenters. The lowest BCUT2D eigenvalue weighted by molar-refractivity contribution is -0.137. The van der Waals surface area contributed by atoms with E-state index >= 15 is 0 Å². The van der Waals surface area contributed by atoms with Gasteiger partial charge in [-0.15, -0.1) is 4.21 Å². The van der Waals surface area contributed by atoms with Gasteiger partial charge in [0.25, 0.3) is 5.91 Å². The van der Waals surface area contributed by atoms with Crippen LogP contribution in [0.15, 0.2) is 24.3 Å². The van der Waals surface area contributed by atoms with Gasteiger partial charge in [0, 0.05) is 24.8 Å². The predicted octanol–water partition coefficient (Wildman–Crippen LogP) is 3.55. The minimum absolute atomic E-state index is 0.0439. The van der Waals surface area contributed by atoms with Crippen LogP contribution in [0.1, 0.15) is 32.3 Å². The second kappa shape index (κ2) is 7.86. The van der Waals surface area contributed by atoms with Crippen LogP contribution < -0.4 is 5.32 Å². The van der Waals surface area contributed by atoms with Gasteiger partial charge in [-0.25, -0.2) is 0 Å². The largest absolute Gasteiger partial charge is 0.416 e. The minimum Gasteiger partial charge on any atom is -0.381 e. The number of ether oxygens (including phenoxy) is 1. The summed E-state index contributed by atoms with van der Waals surface area (Å²) >= 11 is 0. The van der Waals surface area contributed by atoms with Gasteiger partial charge in [0.1, 0.15) is 5.75 Å². The first kappa shape index (κ1) is 19.9. The summed E-state index contributed by atoms with van der Waals surface area (Å²) in [6.45, 7) is 4.39. The Labute approximate surface area is 147 Å². The van der Waals surface area contributed by atoms with Crippen molar-refractivity contribution in [3.63, 3.8) is 0 Å². The van der Waals surface area contributed by atoms with Gasteiger partial charge in [-0.1, -0.05) is 6.07 Å². The molecule has 1 aliphatic rings. The molecule has 0 aliphatic carbocycles. The Hall–Kier alpha value is -1.41. The maximum absolute atomic E-state index is 12.8. The summed E-state index contributed by atoms with van der Waals surface area (Å²) in [5, 5.41) is 2.47. The van der Waals surface area contributed by atoms with Crippen LogP contribution >= 0.6 is 0 Å². The maximum atomic E-state index is 12.8. The molecule has 1 aromatic rings. The molecule has 25 heavy (non-hydrogen) atoms. The Morgan fingerprint density at radius 1 is 1.28 bits per heavy atom. The van der Waals surface area contributed by atoms with Crippen molar-refractivity contribution in [3.8, 4) is 0 Å². The lowest BCUT2D eigenvalue weighted by Gasteiger charge is -2.23. The number of amides is 1. The first-order valence-corrected chi connectivity index (χ1v) is 9.56. The third kappa shape index (κ3) is 5.28. The Kier molecular flexibility index (Phi) is 6.26. The van der Waals surface area contributed by atoms with Crippen LogP contribution in [0.4, 0.5) is 18.9 Å². The average Bonchev–Trinajstić information content (AvgIpc) is 2.55. The maximum Gasteiger partial charge on any atom is 0.416 e. The number of alkyl halides is 3. The van der Waals surface area contributed by atoms with Crippen LogP contribution in [0.5, 0.6) is 0 Å². The molecular formula is C17H23F3NO3S+. The fraction of sp³-hybridized carbons (Fsp3) is 0.588. The zero-order valence-electron chi connectivity index (χ0n) is 14.2. The summed E-state index contributed by atoms with van der Waals surface area (Å²) in [6.07, 6.45) is -2.86. The van der Waals surface area contributed by atoms with Crippen LogP contribution in [0, 0.1) is 5.92 Å². The summed E-state index contributed by atoms with van der Waals surface area (Å²) in [5.41, 5.74) is -0.794. The molecule has 140 valence electrons. The van der Waals surface area contributed by atoms with Crippen molar-refractivity contribution in [3.05, 3.63) is 29.8 Å². The number of rotatable bonds is 5. The van der Waals surface area contributed by atoms with Crippen LogP contribution in [0.3, 0.4) is 0 Å². The van der Waals surface area contributed by atoms with Gasteiger partial charge < -0.3 is 10.1 Å². The highest BCUT2D eigenvalue weighted by Crippen LogP contribution is 2.31. The zero-order valence-corrected chi connectivity index (χ0v) is 15.1. The van der Waals surface area contributed by atoms with E-state index in [0.29, 0.717) is 19.0 Å². The van der Waals surface area contributed by atoms with Gasteiger partial charge in [0.2, 0.25) is 4.75 Å². The molecule has 0 saturated carbocycles. The monoisotopic (exact) mass is 378 g/mol. The molecule has 1 amide bonds. The molecule has 0 bridgehead atoms. The van der Waals surface area contributed by atoms with Crippen molar-refractivity contribution in [2.24, 2.45) is 5.92 Å². The molecule has 1 unspecified atom stereocenters. The van der Waals surface area contributed by atoms with Crippen molar-refractivity contribution in [1.82, 2.24) is 0 Å². The van der Waals surface area contributed by atoms with Crippen LogP contribution in [0.2, 0.25) is 0 Å². The summed E-state index contributed by atoms with van der Waals surface area (Å²) in [4.78, 5) is 12.5. The number of hydrogen-bond donors (Lipinski definition) is 1. The normalized spacial score (nSPS) is 18.0.